The van der Waals surface area contributed by atoms with E-state index in [-0.39, 0.29) is 18.0 Å². The van der Waals surface area contributed by atoms with Gasteiger partial charge in [-0.05, 0) is 6.42 Å². The Morgan fingerprint density at radius 3 is 2.74 bits per heavy atom. The number of hydrogen-bond acceptors (Lipinski definition) is 5. The zero-order valence-electron chi connectivity index (χ0n) is 9.77. The molecule has 0 aliphatic carbocycles. The van der Waals surface area contributed by atoms with Crippen LogP contribution < -0.4 is 0 Å². The topological polar surface area (TPSA) is 95.9 Å². The lowest BCUT2D eigenvalue weighted by atomic mass is 10.3. The first-order valence-corrected chi connectivity index (χ1v) is 5.84. The SMILES string of the molecule is O=C(CCCn1cc([N+](=O)[O-])cn1)n1cc(Cl)cn1. The third-order valence-electron chi connectivity index (χ3n) is 2.41. The van der Waals surface area contributed by atoms with Crippen molar-refractivity contribution in [2.24, 2.45) is 0 Å². The van der Waals surface area contributed by atoms with Crippen molar-refractivity contribution >= 4 is 23.2 Å². The minimum atomic E-state index is -0.513. The average Bonchev–Trinajstić information content (AvgIpc) is 2.98. The minimum Gasteiger partial charge on any atom is -0.273 e. The molecule has 0 radical (unpaired) electrons. The van der Waals surface area contributed by atoms with E-state index in [9.17, 15) is 14.9 Å². The van der Waals surface area contributed by atoms with E-state index in [4.69, 9.17) is 11.6 Å². The quantitative estimate of drug-likeness (QED) is 0.615. The monoisotopic (exact) mass is 283 g/mol. The predicted molar refractivity (Wildman–Crippen MR) is 66.0 cm³/mol. The maximum Gasteiger partial charge on any atom is 0.306 e. The van der Waals surface area contributed by atoms with Crippen LogP contribution in [0.2, 0.25) is 5.02 Å². The number of hydrogen-bond donors (Lipinski definition) is 0. The molecule has 0 N–H and O–H groups in total. The summed E-state index contributed by atoms with van der Waals surface area (Å²) in [4.78, 5) is 21.6. The van der Waals surface area contributed by atoms with Crippen molar-refractivity contribution in [3.05, 3.63) is 39.9 Å². The van der Waals surface area contributed by atoms with E-state index in [0.29, 0.717) is 18.0 Å². The van der Waals surface area contributed by atoms with E-state index >= 15 is 0 Å². The molecule has 100 valence electrons. The number of carbonyl (C=O) groups excluding carboxylic acids is 1. The summed E-state index contributed by atoms with van der Waals surface area (Å²) in [6.45, 7) is 0.425. The molecule has 9 heteroatoms. The van der Waals surface area contributed by atoms with Gasteiger partial charge >= 0.3 is 5.69 Å². The number of rotatable bonds is 5. The van der Waals surface area contributed by atoms with E-state index in [1.54, 1.807) is 0 Å². The van der Waals surface area contributed by atoms with Crippen LogP contribution in [0.5, 0.6) is 0 Å². The summed E-state index contributed by atoms with van der Waals surface area (Å²) < 4.78 is 2.61. The molecule has 0 atom stereocenters. The molecule has 2 aromatic rings. The van der Waals surface area contributed by atoms with Crippen LogP contribution in [0, 0.1) is 10.1 Å². The lowest BCUT2D eigenvalue weighted by molar-refractivity contribution is -0.385. The highest BCUT2D eigenvalue weighted by Gasteiger charge is 2.10. The van der Waals surface area contributed by atoms with E-state index < -0.39 is 4.92 Å². The van der Waals surface area contributed by atoms with Crippen molar-refractivity contribution in [1.82, 2.24) is 19.6 Å². The molecule has 0 aliphatic heterocycles. The Hall–Kier alpha value is -2.22. The number of nitro groups is 1. The number of nitrogens with zero attached hydrogens (tertiary/aromatic N) is 5. The highest BCUT2D eigenvalue weighted by molar-refractivity contribution is 6.30. The number of aryl methyl sites for hydroxylation is 1. The van der Waals surface area contributed by atoms with Crippen LogP contribution in [0.25, 0.3) is 0 Å². The molecule has 19 heavy (non-hydrogen) atoms. The van der Waals surface area contributed by atoms with Gasteiger partial charge in [-0.2, -0.15) is 10.2 Å². The Morgan fingerprint density at radius 1 is 1.37 bits per heavy atom. The summed E-state index contributed by atoms with van der Waals surface area (Å²) in [6.07, 6.45) is 6.09. The smallest absolute Gasteiger partial charge is 0.273 e. The van der Waals surface area contributed by atoms with E-state index in [1.165, 1.54) is 34.2 Å². The molecule has 0 unspecified atom stereocenters. The van der Waals surface area contributed by atoms with Gasteiger partial charge in [-0.25, -0.2) is 4.68 Å². The maximum atomic E-state index is 11.7. The van der Waals surface area contributed by atoms with Gasteiger partial charge < -0.3 is 0 Å². The van der Waals surface area contributed by atoms with Gasteiger partial charge in [-0.15, -0.1) is 0 Å². The fraction of sp³-hybridized carbons (Fsp3) is 0.300. The molecule has 0 saturated heterocycles. The summed E-state index contributed by atoms with van der Waals surface area (Å²) in [5.74, 6) is -0.187. The Balaban J connectivity index is 1.83. The van der Waals surface area contributed by atoms with Crippen LogP contribution in [0.4, 0.5) is 5.69 Å². The molecule has 0 amide bonds. The third-order valence-corrected chi connectivity index (χ3v) is 2.61. The van der Waals surface area contributed by atoms with Gasteiger partial charge in [0.15, 0.2) is 0 Å². The van der Waals surface area contributed by atoms with Crippen LogP contribution in [-0.4, -0.2) is 30.4 Å². The summed E-state index contributed by atoms with van der Waals surface area (Å²) in [5.41, 5.74) is -0.0646. The molecule has 2 heterocycles. The maximum absolute atomic E-state index is 11.7. The Labute approximate surface area is 112 Å². The molecular formula is C10H10ClN5O3. The first kappa shape index (κ1) is 13.2. The normalized spacial score (nSPS) is 10.6. The van der Waals surface area contributed by atoms with Crippen molar-refractivity contribution in [3.63, 3.8) is 0 Å². The number of carbonyl (C=O) groups is 1. The molecule has 0 bridgehead atoms. The van der Waals surface area contributed by atoms with Crippen molar-refractivity contribution in [3.8, 4) is 0 Å². The molecule has 2 rings (SSSR count). The molecule has 0 aliphatic rings. The fourth-order valence-corrected chi connectivity index (χ4v) is 1.65. The van der Waals surface area contributed by atoms with Gasteiger partial charge in [-0.3, -0.25) is 19.6 Å². The highest BCUT2D eigenvalue weighted by Crippen LogP contribution is 2.09. The van der Waals surface area contributed by atoms with Gasteiger partial charge in [-0.1, -0.05) is 11.6 Å². The Bertz CT molecular complexity index is 606. The second-order valence-electron chi connectivity index (χ2n) is 3.82. The van der Waals surface area contributed by atoms with Gasteiger partial charge in [0, 0.05) is 13.0 Å². The lowest BCUT2D eigenvalue weighted by Gasteiger charge is -2.01. The predicted octanol–water partition coefficient (Wildman–Crippen LogP) is 1.76. The van der Waals surface area contributed by atoms with Gasteiger partial charge in [0.05, 0.1) is 22.3 Å². The highest BCUT2D eigenvalue weighted by atomic mass is 35.5. The summed E-state index contributed by atoms with van der Waals surface area (Å²) in [6, 6.07) is 0. The van der Waals surface area contributed by atoms with Gasteiger partial charge in [0.25, 0.3) is 0 Å². The number of halogens is 1. The van der Waals surface area contributed by atoms with Crippen LogP contribution in [0.3, 0.4) is 0 Å². The zero-order chi connectivity index (χ0) is 13.8. The summed E-state index contributed by atoms with van der Waals surface area (Å²) >= 11 is 5.65. The second kappa shape index (κ2) is 5.61. The van der Waals surface area contributed by atoms with Crippen LogP contribution in [0.1, 0.15) is 17.6 Å². The van der Waals surface area contributed by atoms with Crippen LogP contribution in [-0.2, 0) is 6.54 Å². The third kappa shape index (κ3) is 3.38. The molecule has 0 aromatic carbocycles. The van der Waals surface area contributed by atoms with Crippen molar-refractivity contribution in [1.29, 1.82) is 0 Å². The largest absolute Gasteiger partial charge is 0.306 e. The van der Waals surface area contributed by atoms with Crippen LogP contribution in [0.15, 0.2) is 24.8 Å². The summed E-state index contributed by atoms with van der Waals surface area (Å²) in [7, 11) is 0. The van der Waals surface area contributed by atoms with Gasteiger partial charge in [0.1, 0.15) is 12.4 Å². The summed E-state index contributed by atoms with van der Waals surface area (Å²) in [5, 5.41) is 18.5. The second-order valence-corrected chi connectivity index (χ2v) is 4.26. The molecule has 0 saturated carbocycles. The molecule has 8 nitrogen and oxygen atoms in total. The fourth-order valence-electron chi connectivity index (χ4n) is 1.51. The first-order valence-electron chi connectivity index (χ1n) is 5.46. The van der Waals surface area contributed by atoms with E-state index in [2.05, 4.69) is 10.2 Å². The minimum absolute atomic E-state index is 0.0646. The Morgan fingerprint density at radius 2 is 2.16 bits per heavy atom. The molecule has 0 spiro atoms. The van der Waals surface area contributed by atoms with E-state index in [1.807, 2.05) is 0 Å². The van der Waals surface area contributed by atoms with Crippen LogP contribution >= 0.6 is 11.6 Å². The standard InChI is InChI=1S/C10H10ClN5O3/c11-8-4-13-15(6-8)10(17)2-1-3-14-7-9(5-12-14)16(18)19/h4-7H,1-3H2. The molecule has 0 fully saturated rings. The molecule has 2 aromatic heterocycles. The average molecular weight is 284 g/mol. The van der Waals surface area contributed by atoms with Crippen molar-refractivity contribution < 1.29 is 9.72 Å². The number of aromatic nitrogens is 4. The first-order chi connectivity index (χ1) is 9.06. The van der Waals surface area contributed by atoms with Crippen molar-refractivity contribution in [2.45, 2.75) is 19.4 Å². The Kier molecular flexibility index (Phi) is 3.91. The lowest BCUT2D eigenvalue weighted by Crippen LogP contribution is -2.12. The zero-order valence-corrected chi connectivity index (χ0v) is 10.5. The molecular weight excluding hydrogens is 274 g/mol. The van der Waals surface area contributed by atoms with Crippen molar-refractivity contribution in [2.75, 3.05) is 0 Å². The van der Waals surface area contributed by atoms with Gasteiger partial charge in [0.2, 0.25) is 5.91 Å². The van der Waals surface area contributed by atoms with E-state index in [0.717, 1.165) is 0 Å².